The molecule has 0 spiro atoms. The van der Waals surface area contributed by atoms with E-state index in [0.717, 1.165) is 11.3 Å². The first-order valence-corrected chi connectivity index (χ1v) is 4.53. The van der Waals surface area contributed by atoms with Crippen LogP contribution in [0.15, 0.2) is 6.07 Å². The van der Waals surface area contributed by atoms with Crippen LogP contribution in [-0.4, -0.2) is 17.8 Å². The second kappa shape index (κ2) is 3.96. The molecule has 0 aromatic carbocycles. The first-order chi connectivity index (χ1) is 6.91. The van der Waals surface area contributed by atoms with Crippen LogP contribution in [0.2, 0.25) is 0 Å². The van der Waals surface area contributed by atoms with E-state index in [1.807, 2.05) is 0 Å². The molecule has 0 atom stereocenters. The number of carbonyl (C=O) groups excluding carboxylic acids is 3. The highest BCUT2D eigenvalue weighted by molar-refractivity contribution is 7.18. The SMILES string of the molecule is NC(=O)Nc1sc(C(N)=O)cc1C(N)=O. The first kappa shape index (κ1) is 11.0. The number of amides is 4. The van der Waals surface area contributed by atoms with Gasteiger partial charge in [-0.3, -0.25) is 14.9 Å². The van der Waals surface area contributed by atoms with Gasteiger partial charge in [-0.1, -0.05) is 0 Å². The summed E-state index contributed by atoms with van der Waals surface area (Å²) in [5, 5.41) is 2.29. The molecule has 0 radical (unpaired) electrons. The lowest BCUT2D eigenvalue weighted by Gasteiger charge is -1.98. The number of urea groups is 1. The van der Waals surface area contributed by atoms with Crippen molar-refractivity contribution in [3.63, 3.8) is 0 Å². The van der Waals surface area contributed by atoms with E-state index in [-0.39, 0.29) is 15.4 Å². The van der Waals surface area contributed by atoms with Gasteiger partial charge in [-0.25, -0.2) is 4.79 Å². The molecular weight excluding hydrogens is 220 g/mol. The normalized spacial score (nSPS) is 9.60. The summed E-state index contributed by atoms with van der Waals surface area (Å²) in [6, 6.07) is 0.357. The molecule has 0 aliphatic heterocycles. The Bertz CT molecular complexity index is 439. The Labute approximate surface area is 88.2 Å². The van der Waals surface area contributed by atoms with E-state index < -0.39 is 17.8 Å². The van der Waals surface area contributed by atoms with E-state index in [1.54, 1.807) is 0 Å². The van der Waals surface area contributed by atoms with Gasteiger partial charge in [0.2, 0.25) is 0 Å². The zero-order valence-corrected chi connectivity index (χ0v) is 8.26. The molecule has 15 heavy (non-hydrogen) atoms. The van der Waals surface area contributed by atoms with Gasteiger partial charge in [0.1, 0.15) is 5.00 Å². The largest absolute Gasteiger partial charge is 0.366 e. The van der Waals surface area contributed by atoms with Gasteiger partial charge in [0.25, 0.3) is 11.8 Å². The Hall–Kier alpha value is -2.09. The zero-order chi connectivity index (χ0) is 11.6. The second-order valence-electron chi connectivity index (χ2n) is 2.57. The minimum atomic E-state index is -0.852. The van der Waals surface area contributed by atoms with E-state index in [1.165, 1.54) is 6.07 Å². The Balaban J connectivity index is 3.17. The molecule has 0 aliphatic rings. The summed E-state index contributed by atoms with van der Waals surface area (Å²) in [6.07, 6.45) is 0. The number of nitrogens with two attached hydrogens (primary N) is 3. The number of nitrogens with one attached hydrogen (secondary N) is 1. The highest BCUT2D eigenvalue weighted by Gasteiger charge is 2.17. The van der Waals surface area contributed by atoms with Crippen LogP contribution >= 0.6 is 11.3 Å². The van der Waals surface area contributed by atoms with Gasteiger partial charge in [-0.15, -0.1) is 11.3 Å². The minimum Gasteiger partial charge on any atom is -0.366 e. The van der Waals surface area contributed by atoms with E-state index in [9.17, 15) is 14.4 Å². The highest BCUT2D eigenvalue weighted by atomic mass is 32.1. The predicted octanol–water partition coefficient (Wildman–Crippen LogP) is -0.563. The average molecular weight is 228 g/mol. The Morgan fingerprint density at radius 2 is 1.73 bits per heavy atom. The number of rotatable bonds is 3. The lowest BCUT2D eigenvalue weighted by Crippen LogP contribution is -2.21. The molecular formula is C7H8N4O3S. The number of carbonyl (C=O) groups is 3. The molecule has 0 saturated carbocycles. The Morgan fingerprint density at radius 1 is 1.13 bits per heavy atom. The van der Waals surface area contributed by atoms with Crippen molar-refractivity contribution in [2.75, 3.05) is 5.32 Å². The van der Waals surface area contributed by atoms with Crippen LogP contribution < -0.4 is 22.5 Å². The fourth-order valence-corrected chi connectivity index (χ4v) is 1.82. The topological polar surface area (TPSA) is 141 Å². The highest BCUT2D eigenvalue weighted by Crippen LogP contribution is 2.27. The van der Waals surface area contributed by atoms with Crippen LogP contribution in [0.5, 0.6) is 0 Å². The summed E-state index contributed by atoms with van der Waals surface area (Å²) in [6.45, 7) is 0. The maximum absolute atomic E-state index is 10.9. The monoisotopic (exact) mass is 228 g/mol. The molecule has 0 unspecified atom stereocenters. The van der Waals surface area contributed by atoms with Crippen molar-refractivity contribution < 1.29 is 14.4 Å². The van der Waals surface area contributed by atoms with Crippen LogP contribution in [-0.2, 0) is 0 Å². The van der Waals surface area contributed by atoms with Crippen LogP contribution in [0.1, 0.15) is 20.0 Å². The Morgan fingerprint density at radius 3 is 2.13 bits per heavy atom. The van der Waals surface area contributed by atoms with Crippen molar-refractivity contribution in [1.82, 2.24) is 0 Å². The number of thiophene rings is 1. The van der Waals surface area contributed by atoms with Gasteiger partial charge < -0.3 is 17.2 Å². The van der Waals surface area contributed by atoms with Gasteiger partial charge >= 0.3 is 6.03 Å². The maximum Gasteiger partial charge on any atom is 0.317 e. The van der Waals surface area contributed by atoms with Crippen molar-refractivity contribution in [2.24, 2.45) is 17.2 Å². The molecule has 0 fully saturated rings. The molecule has 7 nitrogen and oxygen atoms in total. The molecule has 1 aromatic heterocycles. The van der Waals surface area contributed by atoms with Crippen LogP contribution in [0.4, 0.5) is 9.80 Å². The van der Waals surface area contributed by atoms with Gasteiger partial charge in [0, 0.05) is 0 Å². The summed E-state index contributed by atoms with van der Waals surface area (Å²) < 4.78 is 0. The molecule has 80 valence electrons. The van der Waals surface area contributed by atoms with Gasteiger partial charge in [0.15, 0.2) is 0 Å². The van der Waals surface area contributed by atoms with E-state index >= 15 is 0 Å². The fraction of sp³-hybridized carbons (Fsp3) is 0. The van der Waals surface area contributed by atoms with Crippen molar-refractivity contribution in [3.05, 3.63) is 16.5 Å². The van der Waals surface area contributed by atoms with E-state index in [0.29, 0.717) is 0 Å². The molecule has 7 N–H and O–H groups in total. The van der Waals surface area contributed by atoms with Crippen molar-refractivity contribution >= 4 is 34.2 Å². The lowest BCUT2D eigenvalue weighted by atomic mass is 10.2. The second-order valence-corrected chi connectivity index (χ2v) is 3.62. The third-order valence-electron chi connectivity index (χ3n) is 1.48. The number of hydrogen-bond acceptors (Lipinski definition) is 4. The molecule has 1 rings (SSSR count). The number of anilines is 1. The maximum atomic E-state index is 10.9. The summed E-state index contributed by atoms with van der Waals surface area (Å²) in [5.74, 6) is -1.48. The lowest BCUT2D eigenvalue weighted by molar-refractivity contribution is 0.0999. The van der Waals surface area contributed by atoms with Gasteiger partial charge in [-0.05, 0) is 6.07 Å². The first-order valence-electron chi connectivity index (χ1n) is 3.71. The minimum absolute atomic E-state index is 0.00704. The third kappa shape index (κ3) is 2.44. The van der Waals surface area contributed by atoms with Crippen LogP contribution in [0.3, 0.4) is 0 Å². The molecule has 0 bridgehead atoms. The quantitative estimate of drug-likeness (QED) is 0.550. The summed E-state index contributed by atoms with van der Waals surface area (Å²) in [4.78, 5) is 32.4. The summed E-state index contributed by atoms with van der Waals surface area (Å²) >= 11 is 0.837. The van der Waals surface area contributed by atoms with Gasteiger partial charge in [-0.2, -0.15) is 0 Å². The smallest absolute Gasteiger partial charge is 0.317 e. The van der Waals surface area contributed by atoms with Gasteiger partial charge in [0.05, 0.1) is 10.4 Å². The molecule has 0 aliphatic carbocycles. The third-order valence-corrected chi connectivity index (χ3v) is 2.54. The predicted molar refractivity (Wildman–Crippen MR) is 54.6 cm³/mol. The molecule has 0 saturated heterocycles. The zero-order valence-electron chi connectivity index (χ0n) is 7.44. The molecule has 4 amide bonds. The van der Waals surface area contributed by atoms with E-state index in [2.05, 4.69) is 5.32 Å². The standard InChI is InChI=1S/C7H8N4O3S/c8-4(12)2-1-3(5(9)13)15-6(2)11-7(10)14/h1H,(H2,8,12)(H2,9,13)(H3,10,11,14). The van der Waals surface area contributed by atoms with Crippen molar-refractivity contribution in [2.45, 2.75) is 0 Å². The Kier molecular flexibility index (Phi) is 2.90. The summed E-state index contributed by atoms with van der Waals surface area (Å²) in [5.41, 5.74) is 14.9. The van der Waals surface area contributed by atoms with Crippen molar-refractivity contribution in [3.8, 4) is 0 Å². The average Bonchev–Trinajstić information content (AvgIpc) is 2.46. The fourth-order valence-electron chi connectivity index (χ4n) is 0.900. The number of hydrogen-bond donors (Lipinski definition) is 4. The molecule has 1 heterocycles. The molecule has 8 heteroatoms. The summed E-state index contributed by atoms with van der Waals surface area (Å²) in [7, 11) is 0. The van der Waals surface area contributed by atoms with Crippen LogP contribution in [0.25, 0.3) is 0 Å². The van der Waals surface area contributed by atoms with Crippen LogP contribution in [0, 0.1) is 0 Å². The molecule has 1 aromatic rings. The van der Waals surface area contributed by atoms with Crippen molar-refractivity contribution in [1.29, 1.82) is 0 Å². The number of primary amides is 3. The van der Waals surface area contributed by atoms with E-state index in [4.69, 9.17) is 17.2 Å².